The molecule has 0 aliphatic rings. The van der Waals surface area contributed by atoms with Crippen molar-refractivity contribution in [3.8, 4) is 5.75 Å². The fraction of sp³-hybridized carbons (Fsp3) is 0.100. The van der Waals surface area contributed by atoms with Gasteiger partial charge in [-0.05, 0) is 63.5 Å². The van der Waals surface area contributed by atoms with Crippen LogP contribution in [-0.4, -0.2) is 18.2 Å². The molecule has 0 radical (unpaired) electrons. The Labute approximate surface area is 164 Å². The third-order valence-corrected chi connectivity index (χ3v) is 4.62. The Morgan fingerprint density at radius 2 is 1.88 bits per heavy atom. The van der Waals surface area contributed by atoms with Crippen molar-refractivity contribution in [1.82, 2.24) is 5.43 Å². The van der Waals surface area contributed by atoms with E-state index in [2.05, 4.69) is 32.5 Å². The third-order valence-electron chi connectivity index (χ3n) is 3.77. The summed E-state index contributed by atoms with van der Waals surface area (Å²) in [6.07, 6.45) is 0. The smallest absolute Gasteiger partial charge is 0.277 e. The Balaban J connectivity index is 1.61. The van der Waals surface area contributed by atoms with Crippen molar-refractivity contribution < 1.29 is 9.53 Å². The van der Waals surface area contributed by atoms with Crippen LogP contribution < -0.4 is 10.2 Å². The summed E-state index contributed by atoms with van der Waals surface area (Å²) in [4.78, 5) is 12.0. The minimum absolute atomic E-state index is 0.144. The van der Waals surface area contributed by atoms with Gasteiger partial charge in [-0.15, -0.1) is 0 Å². The zero-order valence-electron chi connectivity index (χ0n) is 14.0. The molecule has 0 aliphatic heterocycles. The van der Waals surface area contributed by atoms with E-state index >= 15 is 0 Å². The molecular weight excluding hydrogens is 416 g/mol. The molecule has 0 atom stereocenters. The number of nitrogens with zero attached hydrogens (tertiary/aromatic N) is 1. The van der Waals surface area contributed by atoms with Crippen molar-refractivity contribution >= 4 is 49.9 Å². The zero-order valence-corrected chi connectivity index (χ0v) is 16.3. The van der Waals surface area contributed by atoms with Crippen molar-refractivity contribution in [1.29, 1.82) is 0 Å². The van der Waals surface area contributed by atoms with Gasteiger partial charge in [0, 0.05) is 5.02 Å². The number of hydrogen-bond donors (Lipinski definition) is 1. The van der Waals surface area contributed by atoms with Gasteiger partial charge in [-0.25, -0.2) is 5.43 Å². The number of fused-ring (bicyclic) bond motifs is 1. The van der Waals surface area contributed by atoms with Gasteiger partial charge in [-0.3, -0.25) is 4.79 Å². The number of nitrogens with one attached hydrogen (secondary N) is 1. The van der Waals surface area contributed by atoms with E-state index in [1.165, 1.54) is 0 Å². The van der Waals surface area contributed by atoms with Crippen LogP contribution >= 0.6 is 27.5 Å². The molecule has 0 bridgehead atoms. The van der Waals surface area contributed by atoms with Gasteiger partial charge in [-0.2, -0.15) is 5.10 Å². The maximum Gasteiger partial charge on any atom is 0.277 e. The molecule has 0 saturated carbocycles. The van der Waals surface area contributed by atoms with Gasteiger partial charge in [-0.1, -0.05) is 48.0 Å². The van der Waals surface area contributed by atoms with Crippen LogP contribution in [-0.2, 0) is 4.79 Å². The molecule has 0 unspecified atom stereocenters. The summed E-state index contributed by atoms with van der Waals surface area (Å²) < 4.78 is 6.15. The number of carbonyl (C=O) groups excluding carboxylic acids is 1. The lowest BCUT2D eigenvalue weighted by atomic mass is 10.0. The van der Waals surface area contributed by atoms with E-state index in [4.69, 9.17) is 16.3 Å². The topological polar surface area (TPSA) is 50.7 Å². The van der Waals surface area contributed by atoms with Crippen molar-refractivity contribution in [3.63, 3.8) is 0 Å². The molecule has 0 spiro atoms. The van der Waals surface area contributed by atoms with Gasteiger partial charge in [0.15, 0.2) is 6.61 Å². The Morgan fingerprint density at radius 3 is 2.65 bits per heavy atom. The van der Waals surface area contributed by atoms with Gasteiger partial charge < -0.3 is 4.74 Å². The summed E-state index contributed by atoms with van der Waals surface area (Å²) in [6, 6.07) is 19.3. The molecule has 0 heterocycles. The number of hydrogen-bond acceptors (Lipinski definition) is 3. The van der Waals surface area contributed by atoms with Crippen LogP contribution in [0.3, 0.4) is 0 Å². The summed E-state index contributed by atoms with van der Waals surface area (Å²) in [5.41, 5.74) is 4.18. The molecule has 0 aliphatic carbocycles. The fourth-order valence-corrected chi connectivity index (χ4v) is 3.19. The van der Waals surface area contributed by atoms with Crippen molar-refractivity contribution in [3.05, 3.63) is 75.7 Å². The summed E-state index contributed by atoms with van der Waals surface area (Å²) in [5.74, 6) is 0.201. The lowest BCUT2D eigenvalue weighted by molar-refractivity contribution is -0.123. The van der Waals surface area contributed by atoms with E-state index in [0.29, 0.717) is 15.2 Å². The first kappa shape index (κ1) is 18.4. The molecule has 0 saturated heterocycles. The van der Waals surface area contributed by atoms with Crippen LogP contribution in [0.2, 0.25) is 5.02 Å². The minimum Gasteiger partial charge on any atom is -0.483 e. The molecule has 3 rings (SSSR count). The summed E-state index contributed by atoms with van der Waals surface area (Å²) in [6.45, 7) is 1.70. The van der Waals surface area contributed by atoms with Gasteiger partial charge in [0.05, 0.1) is 10.2 Å². The standard InChI is InChI=1S/C20H16BrClN2O2/c1-13(15-7-6-14-4-2-3-5-16(14)10-15)23-24-20(25)12-26-19-9-8-17(22)11-18(19)21/h2-11H,12H2,1H3,(H,24,25). The number of rotatable bonds is 5. The number of hydrazone groups is 1. The molecular formula is C20H16BrClN2O2. The van der Waals surface area contributed by atoms with E-state index in [9.17, 15) is 4.79 Å². The van der Waals surface area contributed by atoms with Crippen LogP contribution in [0, 0.1) is 0 Å². The molecule has 6 heteroatoms. The van der Waals surface area contributed by atoms with Crippen LogP contribution in [0.25, 0.3) is 10.8 Å². The van der Waals surface area contributed by atoms with Crippen LogP contribution in [0.1, 0.15) is 12.5 Å². The average molecular weight is 432 g/mol. The third kappa shape index (κ3) is 4.62. The average Bonchev–Trinajstić information content (AvgIpc) is 2.65. The van der Waals surface area contributed by atoms with Crippen LogP contribution in [0.4, 0.5) is 0 Å². The van der Waals surface area contributed by atoms with Crippen molar-refractivity contribution in [2.24, 2.45) is 5.10 Å². The Bertz CT molecular complexity index is 988. The molecule has 0 fully saturated rings. The molecule has 3 aromatic carbocycles. The lowest BCUT2D eigenvalue weighted by Gasteiger charge is -2.08. The first-order valence-electron chi connectivity index (χ1n) is 7.93. The van der Waals surface area contributed by atoms with Crippen LogP contribution in [0.5, 0.6) is 5.75 Å². The second kappa shape index (κ2) is 8.34. The van der Waals surface area contributed by atoms with Crippen molar-refractivity contribution in [2.75, 3.05) is 6.61 Å². The molecule has 0 aromatic heterocycles. The molecule has 26 heavy (non-hydrogen) atoms. The van der Waals surface area contributed by atoms with Gasteiger partial charge in [0.2, 0.25) is 0 Å². The number of ether oxygens (including phenoxy) is 1. The van der Waals surface area contributed by atoms with E-state index in [0.717, 1.165) is 22.0 Å². The molecule has 1 amide bonds. The quantitative estimate of drug-likeness (QED) is 0.447. The predicted octanol–water partition coefficient (Wildman–Crippen LogP) is 5.17. The monoisotopic (exact) mass is 430 g/mol. The molecule has 1 N–H and O–H groups in total. The predicted molar refractivity (Wildman–Crippen MR) is 109 cm³/mol. The normalized spacial score (nSPS) is 11.4. The number of amides is 1. The maximum absolute atomic E-state index is 12.0. The van der Waals surface area contributed by atoms with Crippen molar-refractivity contribution in [2.45, 2.75) is 6.92 Å². The Hall–Kier alpha value is -2.37. The molecule has 132 valence electrons. The second-order valence-corrected chi connectivity index (χ2v) is 6.95. The number of benzene rings is 3. The largest absolute Gasteiger partial charge is 0.483 e. The highest BCUT2D eigenvalue weighted by atomic mass is 79.9. The first-order chi connectivity index (χ1) is 12.5. The van der Waals surface area contributed by atoms with Crippen LogP contribution in [0.15, 0.2) is 70.2 Å². The summed E-state index contributed by atoms with van der Waals surface area (Å²) in [5, 5.41) is 7.03. The fourth-order valence-electron chi connectivity index (χ4n) is 2.39. The Morgan fingerprint density at radius 1 is 1.12 bits per heavy atom. The lowest BCUT2D eigenvalue weighted by Crippen LogP contribution is -2.25. The summed E-state index contributed by atoms with van der Waals surface area (Å²) >= 11 is 9.22. The van der Waals surface area contributed by atoms with Gasteiger partial charge in [0.25, 0.3) is 5.91 Å². The molecule has 3 aromatic rings. The first-order valence-corrected chi connectivity index (χ1v) is 9.10. The molecule has 4 nitrogen and oxygen atoms in total. The number of halogens is 2. The highest BCUT2D eigenvalue weighted by Crippen LogP contribution is 2.27. The minimum atomic E-state index is -0.341. The zero-order chi connectivity index (χ0) is 18.5. The van der Waals surface area contributed by atoms with Gasteiger partial charge in [0.1, 0.15) is 5.75 Å². The second-order valence-electron chi connectivity index (χ2n) is 5.66. The SMILES string of the molecule is CC(=NNC(=O)COc1ccc(Cl)cc1Br)c1ccc2ccccc2c1. The van der Waals surface area contributed by atoms with Gasteiger partial charge >= 0.3 is 0 Å². The number of carbonyl (C=O) groups is 1. The highest BCUT2D eigenvalue weighted by molar-refractivity contribution is 9.10. The van der Waals surface area contributed by atoms with E-state index < -0.39 is 0 Å². The van der Waals surface area contributed by atoms with E-state index in [-0.39, 0.29) is 12.5 Å². The Kier molecular flexibility index (Phi) is 5.91. The highest BCUT2D eigenvalue weighted by Gasteiger charge is 2.06. The summed E-state index contributed by atoms with van der Waals surface area (Å²) in [7, 11) is 0. The maximum atomic E-state index is 12.0. The van der Waals surface area contributed by atoms with E-state index in [1.807, 2.05) is 43.3 Å². The van der Waals surface area contributed by atoms with E-state index in [1.54, 1.807) is 18.2 Å².